The molecule has 0 amide bonds. The maximum atomic E-state index is 11.8. The molecule has 0 aliphatic rings. The van der Waals surface area contributed by atoms with Gasteiger partial charge in [-0.25, -0.2) is 0 Å². The van der Waals surface area contributed by atoms with Crippen LogP contribution in [0.2, 0.25) is 0 Å². The summed E-state index contributed by atoms with van der Waals surface area (Å²) in [4.78, 5) is 23.5. The van der Waals surface area contributed by atoms with Crippen molar-refractivity contribution >= 4 is 17.6 Å². The molecule has 0 spiro atoms. The van der Waals surface area contributed by atoms with Crippen LogP contribution in [0, 0.1) is 0 Å². The summed E-state index contributed by atoms with van der Waals surface area (Å²) in [5.41, 5.74) is 0.596. The van der Waals surface area contributed by atoms with Crippen LogP contribution in [0.3, 0.4) is 0 Å². The number of ketones is 2. The van der Waals surface area contributed by atoms with Crippen molar-refractivity contribution in [3.63, 3.8) is 0 Å². The summed E-state index contributed by atoms with van der Waals surface area (Å²) in [7, 11) is 0. The molecule has 1 aromatic rings. The normalized spacial score (nSPS) is 11.0. The van der Waals surface area contributed by atoms with E-state index in [1.807, 2.05) is 0 Å². The minimum Gasteiger partial charge on any atom is -0.504 e. The molecule has 0 heterocycles. The SMILES string of the molecule is CCCCCCCCCC(=O)CC(=O)C=Cc1ccc(O)c(O)c1. The zero-order valence-electron chi connectivity index (χ0n) is 14.5. The van der Waals surface area contributed by atoms with E-state index < -0.39 is 0 Å². The molecule has 0 saturated heterocycles. The van der Waals surface area contributed by atoms with Crippen LogP contribution in [0.25, 0.3) is 6.08 Å². The van der Waals surface area contributed by atoms with Gasteiger partial charge in [0.15, 0.2) is 17.3 Å². The standard InChI is InChI=1S/C20H28O4/c1-2-3-4-5-6-7-8-9-17(21)15-18(22)12-10-16-11-13-19(23)20(24)14-16/h10-14,23-24H,2-9,15H2,1H3. The zero-order valence-corrected chi connectivity index (χ0v) is 14.5. The summed E-state index contributed by atoms with van der Waals surface area (Å²) >= 11 is 0. The Balaban J connectivity index is 2.23. The quantitative estimate of drug-likeness (QED) is 0.250. The highest BCUT2D eigenvalue weighted by molar-refractivity contribution is 6.06. The number of rotatable bonds is 12. The van der Waals surface area contributed by atoms with E-state index >= 15 is 0 Å². The molecule has 0 aliphatic carbocycles. The van der Waals surface area contributed by atoms with E-state index in [1.54, 1.807) is 6.07 Å². The van der Waals surface area contributed by atoms with Crippen molar-refractivity contribution in [1.82, 2.24) is 0 Å². The third-order valence-electron chi connectivity index (χ3n) is 3.89. The third kappa shape index (κ3) is 8.51. The van der Waals surface area contributed by atoms with Crippen molar-refractivity contribution in [1.29, 1.82) is 0 Å². The van der Waals surface area contributed by atoms with Gasteiger partial charge in [-0.05, 0) is 30.2 Å². The molecule has 0 radical (unpaired) electrons. The highest BCUT2D eigenvalue weighted by atomic mass is 16.3. The summed E-state index contributed by atoms with van der Waals surface area (Å²) < 4.78 is 0. The van der Waals surface area contributed by atoms with Crippen molar-refractivity contribution in [3.8, 4) is 11.5 Å². The van der Waals surface area contributed by atoms with Gasteiger partial charge in [0, 0.05) is 6.42 Å². The molecular weight excluding hydrogens is 304 g/mol. The minimum absolute atomic E-state index is 0.0215. The molecule has 132 valence electrons. The molecular formula is C20H28O4. The first kappa shape index (κ1) is 19.9. The van der Waals surface area contributed by atoms with Crippen LogP contribution in [0.1, 0.15) is 70.3 Å². The summed E-state index contributed by atoms with van der Waals surface area (Å²) in [6.45, 7) is 2.19. The lowest BCUT2D eigenvalue weighted by Crippen LogP contribution is -2.05. The van der Waals surface area contributed by atoms with E-state index in [2.05, 4.69) is 6.92 Å². The Morgan fingerprint density at radius 1 is 0.958 bits per heavy atom. The van der Waals surface area contributed by atoms with Crippen LogP contribution in [-0.2, 0) is 9.59 Å². The molecule has 4 nitrogen and oxygen atoms in total. The van der Waals surface area contributed by atoms with Gasteiger partial charge in [-0.1, -0.05) is 57.6 Å². The molecule has 0 fully saturated rings. The molecule has 1 rings (SSSR count). The fourth-order valence-corrected chi connectivity index (χ4v) is 2.45. The lowest BCUT2D eigenvalue weighted by atomic mass is 10.0. The summed E-state index contributed by atoms with van der Waals surface area (Å²) in [5, 5.41) is 18.6. The summed E-state index contributed by atoms with van der Waals surface area (Å²) in [6.07, 6.45) is 11.3. The number of phenolic OH excluding ortho intramolecular Hbond substituents is 2. The molecule has 2 N–H and O–H groups in total. The number of phenols is 2. The molecule has 0 atom stereocenters. The van der Waals surface area contributed by atoms with Crippen LogP contribution in [0.4, 0.5) is 0 Å². The molecule has 4 heteroatoms. The molecule has 0 unspecified atom stereocenters. The van der Waals surface area contributed by atoms with Crippen LogP contribution in [0.5, 0.6) is 11.5 Å². The molecule has 0 bridgehead atoms. The van der Waals surface area contributed by atoms with Crippen molar-refractivity contribution in [2.45, 2.75) is 64.7 Å². The summed E-state index contributed by atoms with van der Waals surface area (Å²) in [6, 6.07) is 4.30. The van der Waals surface area contributed by atoms with E-state index in [4.69, 9.17) is 0 Å². The summed E-state index contributed by atoms with van der Waals surface area (Å²) in [5.74, 6) is -0.703. The number of hydrogen-bond acceptors (Lipinski definition) is 4. The van der Waals surface area contributed by atoms with Gasteiger partial charge in [-0.15, -0.1) is 0 Å². The van der Waals surface area contributed by atoms with Crippen LogP contribution < -0.4 is 0 Å². The number of aromatic hydroxyl groups is 2. The fraction of sp³-hybridized carbons (Fsp3) is 0.500. The number of hydrogen-bond donors (Lipinski definition) is 2. The van der Waals surface area contributed by atoms with Crippen LogP contribution in [-0.4, -0.2) is 21.8 Å². The van der Waals surface area contributed by atoms with Gasteiger partial charge >= 0.3 is 0 Å². The smallest absolute Gasteiger partial charge is 0.163 e. The van der Waals surface area contributed by atoms with E-state index in [9.17, 15) is 19.8 Å². The second-order valence-corrected chi connectivity index (χ2v) is 6.13. The molecule has 0 saturated carbocycles. The minimum atomic E-state index is -0.240. The van der Waals surface area contributed by atoms with Crippen molar-refractivity contribution < 1.29 is 19.8 Å². The number of allylic oxidation sites excluding steroid dienone is 1. The fourth-order valence-electron chi connectivity index (χ4n) is 2.45. The first-order valence-corrected chi connectivity index (χ1v) is 8.77. The van der Waals surface area contributed by atoms with Crippen LogP contribution in [0.15, 0.2) is 24.3 Å². The predicted molar refractivity (Wildman–Crippen MR) is 96.0 cm³/mol. The molecule has 0 aliphatic heterocycles. The Labute approximate surface area is 144 Å². The first-order valence-electron chi connectivity index (χ1n) is 8.77. The van der Waals surface area contributed by atoms with E-state index in [0.717, 1.165) is 19.3 Å². The topological polar surface area (TPSA) is 74.6 Å². The zero-order chi connectivity index (χ0) is 17.8. The number of Topliss-reactive ketones (excluding diaryl/α,β-unsaturated/α-hetero) is 1. The van der Waals surface area contributed by atoms with E-state index in [0.29, 0.717) is 12.0 Å². The van der Waals surface area contributed by atoms with Gasteiger partial charge in [0.1, 0.15) is 5.78 Å². The molecule has 1 aromatic carbocycles. The van der Waals surface area contributed by atoms with Gasteiger partial charge in [0.2, 0.25) is 0 Å². The van der Waals surface area contributed by atoms with Crippen molar-refractivity contribution in [3.05, 3.63) is 29.8 Å². The van der Waals surface area contributed by atoms with Gasteiger partial charge in [0.25, 0.3) is 0 Å². The predicted octanol–water partition coefficient (Wildman–Crippen LogP) is 4.78. The monoisotopic (exact) mass is 332 g/mol. The number of unbranched alkanes of at least 4 members (excludes halogenated alkanes) is 6. The van der Waals surface area contributed by atoms with E-state index in [-0.39, 0.29) is 29.5 Å². The maximum absolute atomic E-state index is 11.8. The molecule has 0 aromatic heterocycles. The van der Waals surface area contributed by atoms with Gasteiger partial charge < -0.3 is 10.2 Å². The van der Waals surface area contributed by atoms with Crippen molar-refractivity contribution in [2.24, 2.45) is 0 Å². The highest BCUT2D eigenvalue weighted by Gasteiger charge is 2.07. The second-order valence-electron chi connectivity index (χ2n) is 6.13. The lowest BCUT2D eigenvalue weighted by molar-refractivity contribution is -0.124. The van der Waals surface area contributed by atoms with E-state index in [1.165, 1.54) is 50.0 Å². The largest absolute Gasteiger partial charge is 0.504 e. The first-order chi connectivity index (χ1) is 11.5. The van der Waals surface area contributed by atoms with Gasteiger partial charge in [0.05, 0.1) is 6.42 Å². The number of carbonyl (C=O) groups excluding carboxylic acids is 2. The average Bonchev–Trinajstić information content (AvgIpc) is 2.55. The Hall–Kier alpha value is -2.10. The Bertz CT molecular complexity index is 561. The second kappa shape index (κ2) is 11.4. The van der Waals surface area contributed by atoms with Gasteiger partial charge in [-0.3, -0.25) is 9.59 Å². The number of benzene rings is 1. The Morgan fingerprint density at radius 2 is 1.62 bits per heavy atom. The molecule has 24 heavy (non-hydrogen) atoms. The highest BCUT2D eigenvalue weighted by Crippen LogP contribution is 2.25. The number of carbonyl (C=O) groups is 2. The maximum Gasteiger partial charge on any atom is 0.163 e. The third-order valence-corrected chi connectivity index (χ3v) is 3.89. The Kier molecular flexibility index (Phi) is 9.51. The van der Waals surface area contributed by atoms with Crippen LogP contribution >= 0.6 is 0 Å². The Morgan fingerprint density at radius 3 is 2.29 bits per heavy atom. The lowest BCUT2D eigenvalue weighted by Gasteiger charge is -2.01. The average molecular weight is 332 g/mol. The van der Waals surface area contributed by atoms with Gasteiger partial charge in [-0.2, -0.15) is 0 Å². The van der Waals surface area contributed by atoms with Crippen molar-refractivity contribution in [2.75, 3.05) is 0 Å².